The van der Waals surface area contributed by atoms with Gasteiger partial charge in [0, 0.05) is 9.85 Å². The Balaban J connectivity index is 1.68. The summed E-state index contributed by atoms with van der Waals surface area (Å²) in [5, 5.41) is 2.42. The van der Waals surface area contributed by atoms with E-state index in [1.807, 2.05) is 12.1 Å². The van der Waals surface area contributed by atoms with Crippen molar-refractivity contribution in [1.82, 2.24) is 4.98 Å². The molecule has 0 spiro atoms. The maximum absolute atomic E-state index is 12.6. The molecule has 30 heavy (non-hydrogen) atoms. The highest BCUT2D eigenvalue weighted by molar-refractivity contribution is 9.10. The Morgan fingerprint density at radius 1 is 1.20 bits per heavy atom. The maximum atomic E-state index is 12.6. The predicted octanol–water partition coefficient (Wildman–Crippen LogP) is 4.93. The first-order valence-electron chi connectivity index (χ1n) is 8.30. The number of aromatic nitrogens is 1. The highest BCUT2D eigenvalue weighted by atomic mass is 79.9. The highest BCUT2D eigenvalue weighted by Crippen LogP contribution is 2.34. The molecule has 0 N–H and O–H groups in total. The van der Waals surface area contributed by atoms with E-state index in [0.717, 1.165) is 34.3 Å². The molecule has 0 aliphatic rings. The number of halogens is 3. The van der Waals surface area contributed by atoms with Gasteiger partial charge in [0.25, 0.3) is 0 Å². The molecule has 0 aliphatic carbocycles. The maximum Gasteiger partial charge on any atom is 0.341 e. The fraction of sp³-hybridized carbons (Fsp3) is 0.158. The number of hydrogen-bond acceptors (Lipinski definition) is 7. The van der Waals surface area contributed by atoms with Crippen molar-refractivity contribution in [1.29, 1.82) is 0 Å². The zero-order chi connectivity index (χ0) is 21.9. The Kier molecular flexibility index (Phi) is 6.84. The molecular weight excluding hydrogens is 504 g/mol. The van der Waals surface area contributed by atoms with E-state index >= 15 is 0 Å². The van der Waals surface area contributed by atoms with Crippen LogP contribution in [0.1, 0.15) is 16.1 Å². The lowest BCUT2D eigenvalue weighted by atomic mass is 10.2. The van der Waals surface area contributed by atoms with Crippen molar-refractivity contribution in [3.63, 3.8) is 0 Å². The van der Waals surface area contributed by atoms with Crippen LogP contribution in [-0.2, 0) is 21.2 Å². The van der Waals surface area contributed by atoms with Crippen LogP contribution in [0.3, 0.4) is 0 Å². The summed E-state index contributed by atoms with van der Waals surface area (Å²) >= 11 is 4.76. The zero-order valence-corrected chi connectivity index (χ0v) is 18.6. The first-order valence-corrected chi connectivity index (χ1v) is 11.5. The molecule has 0 atom stereocenters. The predicted molar refractivity (Wildman–Crippen MR) is 111 cm³/mol. The summed E-state index contributed by atoms with van der Waals surface area (Å²) in [5.41, 5.74) is 1.33. The Labute approximate surface area is 183 Å². The number of methoxy groups -OCH3 is 1. The molecule has 0 radical (unpaired) electrons. The number of hydrogen-bond donors (Lipinski definition) is 0. The molecule has 11 heteroatoms. The molecule has 0 fully saturated rings. The van der Waals surface area contributed by atoms with Crippen LogP contribution in [0.15, 0.2) is 57.2 Å². The number of nitrogens with zero attached hydrogens (tertiary/aromatic N) is 1. The van der Waals surface area contributed by atoms with E-state index in [1.165, 1.54) is 11.3 Å². The van der Waals surface area contributed by atoms with Gasteiger partial charge in [-0.15, -0.1) is 11.3 Å². The molecule has 0 bridgehead atoms. The second kappa shape index (κ2) is 9.19. The van der Waals surface area contributed by atoms with Crippen molar-refractivity contribution >= 4 is 43.1 Å². The summed E-state index contributed by atoms with van der Waals surface area (Å²) in [6.45, 7) is -0.108. The standard InChI is InChI=1S/C19H14BrF2NO5S2/c1-27-16-7-4-12(20)8-15(16)17-23-13(10-29-17)9-28-18(24)11-2-5-14(6-3-11)30(25,26)19(21)22/h2-8,10,19H,9H2,1H3. The van der Waals surface area contributed by atoms with Gasteiger partial charge in [0.1, 0.15) is 17.4 Å². The van der Waals surface area contributed by atoms with Gasteiger partial charge in [-0.2, -0.15) is 8.78 Å². The number of carbonyl (C=O) groups is 1. The fourth-order valence-corrected chi connectivity index (χ4v) is 4.36. The van der Waals surface area contributed by atoms with Gasteiger partial charge in [-0.1, -0.05) is 15.9 Å². The number of ether oxygens (including phenoxy) is 2. The number of alkyl halides is 2. The van der Waals surface area contributed by atoms with E-state index in [2.05, 4.69) is 20.9 Å². The molecule has 2 aromatic carbocycles. The third-order valence-electron chi connectivity index (χ3n) is 3.95. The van der Waals surface area contributed by atoms with Crippen molar-refractivity contribution in [3.8, 4) is 16.3 Å². The Bertz CT molecular complexity index is 1160. The molecule has 158 valence electrons. The topological polar surface area (TPSA) is 82.6 Å². The van der Waals surface area contributed by atoms with E-state index < -0.39 is 26.5 Å². The van der Waals surface area contributed by atoms with Crippen LogP contribution in [-0.4, -0.2) is 32.2 Å². The lowest BCUT2D eigenvalue weighted by molar-refractivity contribution is 0.0468. The van der Waals surface area contributed by atoms with Gasteiger partial charge in [0.15, 0.2) is 0 Å². The molecule has 3 rings (SSSR count). The molecule has 0 unspecified atom stereocenters. The quantitative estimate of drug-likeness (QED) is 0.413. The van der Waals surface area contributed by atoms with Crippen LogP contribution < -0.4 is 4.74 Å². The lowest BCUT2D eigenvalue weighted by Gasteiger charge is -2.06. The Morgan fingerprint density at radius 3 is 2.53 bits per heavy atom. The van der Waals surface area contributed by atoms with Gasteiger partial charge >= 0.3 is 11.7 Å². The minimum atomic E-state index is -4.71. The van der Waals surface area contributed by atoms with E-state index in [0.29, 0.717) is 16.5 Å². The smallest absolute Gasteiger partial charge is 0.341 e. The minimum absolute atomic E-state index is 0.0346. The number of carbonyl (C=O) groups excluding carboxylic acids is 1. The van der Waals surface area contributed by atoms with Crippen molar-refractivity contribution in [2.24, 2.45) is 0 Å². The van der Waals surface area contributed by atoms with Crippen LogP contribution in [0.2, 0.25) is 0 Å². The van der Waals surface area contributed by atoms with E-state index in [1.54, 1.807) is 18.6 Å². The van der Waals surface area contributed by atoms with Crippen LogP contribution in [0.25, 0.3) is 10.6 Å². The number of esters is 1. The summed E-state index contributed by atoms with van der Waals surface area (Å²) in [6.07, 6.45) is 0. The zero-order valence-electron chi connectivity index (χ0n) is 15.3. The molecule has 1 heterocycles. The fourth-order valence-electron chi connectivity index (χ4n) is 2.45. The van der Waals surface area contributed by atoms with E-state index in [4.69, 9.17) is 9.47 Å². The van der Waals surface area contributed by atoms with Crippen molar-refractivity contribution in [3.05, 3.63) is 63.6 Å². The van der Waals surface area contributed by atoms with E-state index in [9.17, 15) is 22.0 Å². The number of benzene rings is 2. The third-order valence-corrected chi connectivity index (χ3v) is 6.76. The van der Waals surface area contributed by atoms with Crippen LogP contribution in [0, 0.1) is 0 Å². The normalized spacial score (nSPS) is 11.5. The second-order valence-electron chi connectivity index (χ2n) is 5.89. The van der Waals surface area contributed by atoms with Gasteiger partial charge in [-0.25, -0.2) is 18.2 Å². The summed E-state index contributed by atoms with van der Waals surface area (Å²) in [4.78, 5) is 16.0. The Hall–Kier alpha value is -2.37. The average Bonchev–Trinajstić information content (AvgIpc) is 3.21. The first kappa shape index (κ1) is 22.3. The summed E-state index contributed by atoms with van der Waals surface area (Å²) in [5.74, 6) is -3.61. The highest BCUT2D eigenvalue weighted by Gasteiger charge is 2.26. The largest absolute Gasteiger partial charge is 0.496 e. The van der Waals surface area contributed by atoms with Gasteiger partial charge in [0.2, 0.25) is 9.84 Å². The molecular formula is C19H14BrF2NO5S2. The van der Waals surface area contributed by atoms with Gasteiger partial charge in [-0.3, -0.25) is 0 Å². The average molecular weight is 518 g/mol. The first-order chi connectivity index (χ1) is 14.2. The molecule has 3 aromatic rings. The lowest BCUT2D eigenvalue weighted by Crippen LogP contribution is -2.12. The third kappa shape index (κ3) is 4.85. The van der Waals surface area contributed by atoms with Crippen molar-refractivity contribution in [2.45, 2.75) is 17.3 Å². The molecule has 0 saturated heterocycles. The van der Waals surface area contributed by atoms with Crippen molar-refractivity contribution in [2.75, 3.05) is 7.11 Å². The van der Waals surface area contributed by atoms with Crippen LogP contribution >= 0.6 is 27.3 Å². The molecule has 0 amide bonds. The van der Waals surface area contributed by atoms with Crippen LogP contribution in [0.5, 0.6) is 5.75 Å². The Morgan fingerprint density at radius 2 is 1.90 bits per heavy atom. The minimum Gasteiger partial charge on any atom is -0.496 e. The molecule has 1 aromatic heterocycles. The second-order valence-corrected chi connectivity index (χ2v) is 9.59. The number of thiazole rings is 1. The summed E-state index contributed by atoms with van der Waals surface area (Å²) in [7, 11) is -3.16. The number of sulfone groups is 1. The SMILES string of the molecule is COc1ccc(Br)cc1-c1nc(COC(=O)c2ccc(S(=O)(=O)C(F)F)cc2)cs1. The number of rotatable bonds is 7. The van der Waals surface area contributed by atoms with Crippen molar-refractivity contribution < 1.29 is 31.5 Å². The monoisotopic (exact) mass is 517 g/mol. The molecule has 0 aliphatic heterocycles. The molecule has 0 saturated carbocycles. The van der Waals surface area contributed by atoms with Gasteiger partial charge < -0.3 is 9.47 Å². The van der Waals surface area contributed by atoms with Gasteiger partial charge in [-0.05, 0) is 42.5 Å². The van der Waals surface area contributed by atoms with E-state index in [-0.39, 0.29) is 12.2 Å². The summed E-state index contributed by atoms with van der Waals surface area (Å²) < 4.78 is 59.4. The summed E-state index contributed by atoms with van der Waals surface area (Å²) in [6, 6.07) is 9.64. The van der Waals surface area contributed by atoms with Crippen LogP contribution in [0.4, 0.5) is 8.78 Å². The molecule has 6 nitrogen and oxygen atoms in total. The van der Waals surface area contributed by atoms with Gasteiger partial charge in [0.05, 0.1) is 28.8 Å².